The molecule has 26 heavy (non-hydrogen) atoms. The quantitative estimate of drug-likeness (QED) is 0.522. The highest BCUT2D eigenvalue weighted by Crippen LogP contribution is 2.22. The van der Waals surface area contributed by atoms with Crippen LogP contribution in [-0.2, 0) is 4.79 Å². The smallest absolute Gasteiger partial charge is 0.234 e. The standard InChI is InChI=1S/C21H21N3OS/c1-14-7-9-17(10-8-14)21-22-16(3)12-20(24-21)26-13-19(25)23-18-6-4-5-15(2)11-18/h4-12H,13H2,1-3H3,(H,23,25). The van der Waals surface area contributed by atoms with Crippen molar-refractivity contribution in [2.45, 2.75) is 25.8 Å². The number of hydrogen-bond acceptors (Lipinski definition) is 4. The van der Waals surface area contributed by atoms with E-state index in [9.17, 15) is 4.79 Å². The summed E-state index contributed by atoms with van der Waals surface area (Å²) in [6.45, 7) is 5.99. The Balaban J connectivity index is 1.68. The number of rotatable bonds is 5. The summed E-state index contributed by atoms with van der Waals surface area (Å²) in [4.78, 5) is 21.3. The number of aryl methyl sites for hydroxylation is 3. The molecule has 0 aliphatic rings. The van der Waals surface area contributed by atoms with E-state index in [0.717, 1.165) is 27.5 Å². The highest BCUT2D eigenvalue weighted by atomic mass is 32.2. The number of thioether (sulfide) groups is 1. The summed E-state index contributed by atoms with van der Waals surface area (Å²) >= 11 is 1.41. The van der Waals surface area contributed by atoms with Crippen molar-refractivity contribution in [2.75, 3.05) is 11.1 Å². The summed E-state index contributed by atoms with van der Waals surface area (Å²) in [5.41, 5.74) is 4.99. The van der Waals surface area contributed by atoms with Crippen LogP contribution in [0.15, 0.2) is 59.6 Å². The third-order valence-corrected chi connectivity index (χ3v) is 4.70. The van der Waals surface area contributed by atoms with Gasteiger partial charge in [-0.1, -0.05) is 53.7 Å². The van der Waals surface area contributed by atoms with E-state index in [-0.39, 0.29) is 5.91 Å². The number of benzene rings is 2. The first-order valence-corrected chi connectivity index (χ1v) is 9.40. The zero-order chi connectivity index (χ0) is 18.5. The van der Waals surface area contributed by atoms with Gasteiger partial charge in [0.25, 0.3) is 0 Å². The van der Waals surface area contributed by atoms with Crippen LogP contribution >= 0.6 is 11.8 Å². The van der Waals surface area contributed by atoms with Crippen LogP contribution < -0.4 is 5.32 Å². The first-order valence-electron chi connectivity index (χ1n) is 8.41. The van der Waals surface area contributed by atoms with Crippen molar-refractivity contribution in [3.8, 4) is 11.4 Å². The molecule has 2 aromatic carbocycles. The van der Waals surface area contributed by atoms with Gasteiger partial charge in [0.05, 0.1) is 5.75 Å². The molecule has 0 saturated heterocycles. The maximum absolute atomic E-state index is 12.2. The fourth-order valence-electron chi connectivity index (χ4n) is 2.50. The van der Waals surface area contributed by atoms with Crippen molar-refractivity contribution >= 4 is 23.4 Å². The Morgan fingerprint density at radius 1 is 0.962 bits per heavy atom. The summed E-state index contributed by atoms with van der Waals surface area (Å²) in [5, 5.41) is 3.72. The topological polar surface area (TPSA) is 54.9 Å². The molecule has 1 heterocycles. The maximum atomic E-state index is 12.2. The van der Waals surface area contributed by atoms with Crippen molar-refractivity contribution in [1.82, 2.24) is 9.97 Å². The zero-order valence-electron chi connectivity index (χ0n) is 15.1. The summed E-state index contributed by atoms with van der Waals surface area (Å²) < 4.78 is 0. The van der Waals surface area contributed by atoms with Crippen LogP contribution in [0.25, 0.3) is 11.4 Å². The second-order valence-electron chi connectivity index (χ2n) is 6.24. The number of amides is 1. The van der Waals surface area contributed by atoms with Gasteiger partial charge >= 0.3 is 0 Å². The number of hydrogen-bond donors (Lipinski definition) is 1. The van der Waals surface area contributed by atoms with Crippen LogP contribution in [0.4, 0.5) is 5.69 Å². The first-order chi connectivity index (χ1) is 12.5. The first kappa shape index (κ1) is 18.1. The molecule has 3 aromatic rings. The predicted molar refractivity (Wildman–Crippen MR) is 107 cm³/mol. The SMILES string of the molecule is Cc1ccc(-c2nc(C)cc(SCC(=O)Nc3cccc(C)c3)n2)cc1. The van der Waals surface area contributed by atoms with Gasteiger partial charge < -0.3 is 5.32 Å². The molecule has 0 radical (unpaired) electrons. The number of nitrogens with zero attached hydrogens (tertiary/aromatic N) is 2. The van der Waals surface area contributed by atoms with E-state index in [0.29, 0.717) is 11.6 Å². The van der Waals surface area contributed by atoms with E-state index in [1.165, 1.54) is 17.3 Å². The molecular formula is C21H21N3OS. The Morgan fingerprint density at radius 2 is 1.73 bits per heavy atom. The molecule has 0 aliphatic heterocycles. The molecule has 0 unspecified atom stereocenters. The third kappa shape index (κ3) is 4.92. The monoisotopic (exact) mass is 363 g/mol. The van der Waals surface area contributed by atoms with Crippen LogP contribution in [0, 0.1) is 20.8 Å². The van der Waals surface area contributed by atoms with Gasteiger partial charge in [0, 0.05) is 16.9 Å². The molecule has 1 amide bonds. The van der Waals surface area contributed by atoms with Gasteiger partial charge in [-0.25, -0.2) is 9.97 Å². The molecule has 0 bridgehead atoms. The molecule has 132 valence electrons. The van der Waals surface area contributed by atoms with E-state index < -0.39 is 0 Å². The van der Waals surface area contributed by atoms with Crippen molar-refractivity contribution in [2.24, 2.45) is 0 Å². The van der Waals surface area contributed by atoms with Crippen LogP contribution in [0.5, 0.6) is 0 Å². The fraction of sp³-hybridized carbons (Fsp3) is 0.190. The van der Waals surface area contributed by atoms with Crippen molar-refractivity contribution in [3.63, 3.8) is 0 Å². The Labute approximate surface area is 158 Å². The second kappa shape index (κ2) is 8.15. The number of carbonyl (C=O) groups excluding carboxylic acids is 1. The van der Waals surface area contributed by atoms with Crippen LogP contribution in [0.3, 0.4) is 0 Å². The Bertz CT molecular complexity index is 923. The Kier molecular flexibility index (Phi) is 5.68. The minimum Gasteiger partial charge on any atom is -0.325 e. The number of nitrogens with one attached hydrogen (secondary N) is 1. The van der Waals surface area contributed by atoms with Gasteiger partial charge in [-0.3, -0.25) is 4.79 Å². The lowest BCUT2D eigenvalue weighted by atomic mass is 10.1. The Hall–Kier alpha value is -2.66. The summed E-state index contributed by atoms with van der Waals surface area (Å²) in [6.07, 6.45) is 0. The van der Waals surface area contributed by atoms with Gasteiger partial charge in [-0.15, -0.1) is 0 Å². The predicted octanol–water partition coefficient (Wildman–Crippen LogP) is 4.80. The molecule has 3 rings (SSSR count). The van der Waals surface area contributed by atoms with Crippen LogP contribution in [0.2, 0.25) is 0 Å². The molecule has 0 spiro atoms. The molecule has 0 saturated carbocycles. The van der Waals surface area contributed by atoms with Gasteiger partial charge in [0.2, 0.25) is 5.91 Å². The van der Waals surface area contributed by atoms with Crippen LogP contribution in [-0.4, -0.2) is 21.6 Å². The molecule has 1 aromatic heterocycles. The van der Waals surface area contributed by atoms with E-state index in [2.05, 4.69) is 22.2 Å². The molecule has 0 atom stereocenters. The minimum absolute atomic E-state index is 0.0475. The van der Waals surface area contributed by atoms with Gasteiger partial charge in [0.15, 0.2) is 5.82 Å². The van der Waals surface area contributed by atoms with Crippen LogP contribution in [0.1, 0.15) is 16.8 Å². The average molecular weight is 363 g/mol. The summed E-state index contributed by atoms with van der Waals surface area (Å²) in [6, 6.07) is 17.8. The average Bonchev–Trinajstić information content (AvgIpc) is 2.60. The number of carbonyl (C=O) groups is 1. The third-order valence-electron chi connectivity index (χ3n) is 3.79. The summed E-state index contributed by atoms with van der Waals surface area (Å²) in [7, 11) is 0. The molecule has 0 fully saturated rings. The summed E-state index contributed by atoms with van der Waals surface area (Å²) in [5.74, 6) is 0.943. The molecular weight excluding hydrogens is 342 g/mol. The second-order valence-corrected chi connectivity index (χ2v) is 7.24. The number of aromatic nitrogens is 2. The lowest BCUT2D eigenvalue weighted by Crippen LogP contribution is -2.14. The Morgan fingerprint density at radius 3 is 2.46 bits per heavy atom. The van der Waals surface area contributed by atoms with E-state index in [4.69, 9.17) is 0 Å². The molecule has 0 aliphatic carbocycles. The van der Waals surface area contributed by atoms with Crippen molar-refractivity contribution in [3.05, 3.63) is 71.4 Å². The van der Waals surface area contributed by atoms with Crippen molar-refractivity contribution in [1.29, 1.82) is 0 Å². The van der Waals surface area contributed by atoms with Gasteiger partial charge in [0.1, 0.15) is 5.03 Å². The maximum Gasteiger partial charge on any atom is 0.234 e. The normalized spacial score (nSPS) is 10.6. The van der Waals surface area contributed by atoms with E-state index in [1.807, 2.05) is 68.4 Å². The largest absolute Gasteiger partial charge is 0.325 e. The highest BCUT2D eigenvalue weighted by molar-refractivity contribution is 7.99. The molecule has 4 nitrogen and oxygen atoms in total. The number of anilines is 1. The fourth-order valence-corrected chi connectivity index (χ4v) is 3.26. The lowest BCUT2D eigenvalue weighted by Gasteiger charge is -2.08. The van der Waals surface area contributed by atoms with Gasteiger partial charge in [-0.05, 0) is 44.5 Å². The molecule has 5 heteroatoms. The lowest BCUT2D eigenvalue weighted by molar-refractivity contribution is -0.113. The van der Waals surface area contributed by atoms with E-state index in [1.54, 1.807) is 0 Å². The zero-order valence-corrected chi connectivity index (χ0v) is 15.9. The minimum atomic E-state index is -0.0475. The highest BCUT2D eigenvalue weighted by Gasteiger charge is 2.09. The van der Waals surface area contributed by atoms with Gasteiger partial charge in [-0.2, -0.15) is 0 Å². The van der Waals surface area contributed by atoms with E-state index >= 15 is 0 Å². The molecule has 1 N–H and O–H groups in total. The van der Waals surface area contributed by atoms with Crippen molar-refractivity contribution < 1.29 is 4.79 Å².